The van der Waals surface area contributed by atoms with Crippen LogP contribution < -0.4 is 4.74 Å². The minimum absolute atomic E-state index is 0.489. The highest BCUT2D eigenvalue weighted by Crippen LogP contribution is 2.36. The first kappa shape index (κ1) is 12.6. The van der Waals surface area contributed by atoms with Gasteiger partial charge in [-0.25, -0.2) is 4.79 Å². The summed E-state index contributed by atoms with van der Waals surface area (Å²) in [6.45, 7) is 3.05. The molecule has 6 heteroatoms. The molecule has 0 N–H and O–H groups in total. The van der Waals surface area contributed by atoms with Crippen molar-refractivity contribution in [2.75, 3.05) is 0 Å². The van der Waals surface area contributed by atoms with Crippen molar-refractivity contribution < 1.29 is 22.7 Å². The Balaban J connectivity index is 3.05. The van der Waals surface area contributed by atoms with Gasteiger partial charge in [0.05, 0.1) is 5.56 Å². The van der Waals surface area contributed by atoms with Crippen LogP contribution in [-0.2, 0) is 11.0 Å². The molecule has 86 valence electrons. The van der Waals surface area contributed by atoms with Crippen LogP contribution in [0, 0.1) is 0 Å². The molecular formula is C10H6ClF3O2. The molecule has 1 aromatic rings. The van der Waals surface area contributed by atoms with Crippen LogP contribution in [0.15, 0.2) is 35.9 Å². The molecule has 0 bridgehead atoms. The predicted octanol–water partition coefficient (Wildman–Crippen LogP) is 3.36. The maximum Gasteiger partial charge on any atom is 0.419 e. The first-order valence-electron chi connectivity index (χ1n) is 4.05. The zero-order valence-electron chi connectivity index (χ0n) is 7.84. The van der Waals surface area contributed by atoms with E-state index in [1.807, 2.05) is 0 Å². The number of hydrogen-bond donors (Lipinski definition) is 0. The summed E-state index contributed by atoms with van der Waals surface area (Å²) in [7, 11) is 0. The number of halogens is 4. The Morgan fingerprint density at radius 1 is 1.31 bits per heavy atom. The molecule has 0 radical (unpaired) electrons. The number of para-hydroxylation sites is 1. The monoisotopic (exact) mass is 250 g/mol. The van der Waals surface area contributed by atoms with Crippen molar-refractivity contribution in [3.8, 4) is 5.75 Å². The Labute approximate surface area is 94.3 Å². The zero-order chi connectivity index (χ0) is 12.3. The van der Waals surface area contributed by atoms with E-state index in [0.717, 1.165) is 12.1 Å². The summed E-state index contributed by atoms with van der Waals surface area (Å²) >= 11 is 5.19. The normalized spacial score (nSPS) is 11.0. The first-order chi connectivity index (χ1) is 7.32. The predicted molar refractivity (Wildman–Crippen MR) is 52.1 cm³/mol. The summed E-state index contributed by atoms with van der Waals surface area (Å²) in [4.78, 5) is 11.0. The number of carbonyl (C=O) groups is 1. The lowest BCUT2D eigenvalue weighted by atomic mass is 10.2. The SMILES string of the molecule is C=C(Cl)C(=O)Oc1ccccc1C(F)(F)F. The minimum Gasteiger partial charge on any atom is -0.422 e. The van der Waals surface area contributed by atoms with Gasteiger partial charge in [-0.3, -0.25) is 0 Å². The highest BCUT2D eigenvalue weighted by atomic mass is 35.5. The summed E-state index contributed by atoms with van der Waals surface area (Å²) in [6.07, 6.45) is -4.59. The van der Waals surface area contributed by atoms with E-state index in [4.69, 9.17) is 11.6 Å². The van der Waals surface area contributed by atoms with E-state index in [1.165, 1.54) is 12.1 Å². The Kier molecular flexibility index (Phi) is 3.59. The maximum atomic E-state index is 12.5. The third-order valence-corrected chi connectivity index (χ3v) is 1.77. The molecule has 0 aliphatic heterocycles. The Morgan fingerprint density at radius 3 is 2.38 bits per heavy atom. The Morgan fingerprint density at radius 2 is 1.88 bits per heavy atom. The van der Waals surface area contributed by atoms with Gasteiger partial charge in [-0.2, -0.15) is 13.2 Å². The zero-order valence-corrected chi connectivity index (χ0v) is 8.60. The summed E-state index contributed by atoms with van der Waals surface area (Å²) in [6, 6.07) is 4.34. The lowest BCUT2D eigenvalue weighted by molar-refractivity contribution is -0.140. The summed E-state index contributed by atoms with van der Waals surface area (Å²) in [5.41, 5.74) is -1.04. The van der Waals surface area contributed by atoms with Crippen molar-refractivity contribution in [1.82, 2.24) is 0 Å². The average Bonchev–Trinajstić information content (AvgIpc) is 2.16. The van der Waals surface area contributed by atoms with E-state index >= 15 is 0 Å². The van der Waals surface area contributed by atoms with Gasteiger partial charge in [0.1, 0.15) is 10.8 Å². The second-order valence-corrected chi connectivity index (χ2v) is 3.24. The molecule has 0 saturated carbocycles. The fourth-order valence-electron chi connectivity index (χ4n) is 0.945. The largest absolute Gasteiger partial charge is 0.422 e. The molecule has 0 unspecified atom stereocenters. The van der Waals surface area contributed by atoms with Crippen LogP contribution >= 0.6 is 11.6 Å². The standard InChI is InChI=1S/C10H6ClF3O2/c1-6(11)9(15)16-8-5-3-2-4-7(8)10(12,13)14/h2-5H,1H2. The maximum absolute atomic E-state index is 12.5. The van der Waals surface area contributed by atoms with Crippen molar-refractivity contribution in [2.24, 2.45) is 0 Å². The van der Waals surface area contributed by atoms with Crippen molar-refractivity contribution in [3.63, 3.8) is 0 Å². The van der Waals surface area contributed by atoms with Crippen molar-refractivity contribution in [1.29, 1.82) is 0 Å². The van der Waals surface area contributed by atoms with E-state index in [9.17, 15) is 18.0 Å². The van der Waals surface area contributed by atoms with Crippen LogP contribution in [0.4, 0.5) is 13.2 Å². The Hall–Kier alpha value is -1.49. The molecule has 0 aliphatic rings. The number of carbonyl (C=O) groups excluding carboxylic acids is 1. The second kappa shape index (κ2) is 4.57. The molecule has 0 amide bonds. The highest BCUT2D eigenvalue weighted by molar-refractivity contribution is 6.41. The van der Waals surface area contributed by atoms with E-state index in [2.05, 4.69) is 11.3 Å². The third kappa shape index (κ3) is 3.00. The molecular weight excluding hydrogens is 245 g/mol. The van der Waals surface area contributed by atoms with Crippen LogP contribution in [0.1, 0.15) is 5.56 Å². The van der Waals surface area contributed by atoms with E-state index in [-0.39, 0.29) is 0 Å². The van der Waals surface area contributed by atoms with E-state index in [0.29, 0.717) is 0 Å². The van der Waals surface area contributed by atoms with Gasteiger partial charge in [0, 0.05) is 0 Å². The second-order valence-electron chi connectivity index (χ2n) is 2.79. The highest BCUT2D eigenvalue weighted by Gasteiger charge is 2.34. The molecule has 1 aromatic carbocycles. The number of alkyl halides is 3. The summed E-state index contributed by atoms with van der Waals surface area (Å²) in [5.74, 6) is -1.71. The summed E-state index contributed by atoms with van der Waals surface area (Å²) < 4.78 is 41.8. The van der Waals surface area contributed by atoms with Gasteiger partial charge in [0.2, 0.25) is 0 Å². The van der Waals surface area contributed by atoms with E-state index in [1.54, 1.807) is 0 Å². The van der Waals surface area contributed by atoms with Crippen LogP contribution in [0.25, 0.3) is 0 Å². The number of benzene rings is 1. The van der Waals surface area contributed by atoms with Crippen molar-refractivity contribution >= 4 is 17.6 Å². The number of hydrogen-bond acceptors (Lipinski definition) is 2. The number of ether oxygens (including phenoxy) is 1. The van der Waals surface area contributed by atoms with Gasteiger partial charge < -0.3 is 4.74 Å². The lowest BCUT2D eigenvalue weighted by Crippen LogP contribution is -2.13. The molecule has 16 heavy (non-hydrogen) atoms. The van der Waals surface area contributed by atoms with Gasteiger partial charge in [0.25, 0.3) is 0 Å². The van der Waals surface area contributed by atoms with Gasteiger partial charge >= 0.3 is 12.1 Å². The fraction of sp³-hybridized carbons (Fsp3) is 0.100. The molecule has 0 saturated heterocycles. The topological polar surface area (TPSA) is 26.3 Å². The molecule has 0 aromatic heterocycles. The van der Waals surface area contributed by atoms with Gasteiger partial charge in [0.15, 0.2) is 0 Å². The van der Waals surface area contributed by atoms with Crippen LogP contribution in [0.5, 0.6) is 5.75 Å². The number of rotatable bonds is 2. The molecule has 1 rings (SSSR count). The van der Waals surface area contributed by atoms with Crippen LogP contribution in [0.3, 0.4) is 0 Å². The fourth-order valence-corrected chi connectivity index (χ4v) is 0.984. The van der Waals surface area contributed by atoms with Gasteiger partial charge in [-0.05, 0) is 12.1 Å². The molecule has 0 spiro atoms. The van der Waals surface area contributed by atoms with Crippen LogP contribution in [-0.4, -0.2) is 5.97 Å². The minimum atomic E-state index is -4.59. The van der Waals surface area contributed by atoms with Crippen molar-refractivity contribution in [3.05, 3.63) is 41.4 Å². The van der Waals surface area contributed by atoms with Gasteiger partial charge in [-0.1, -0.05) is 30.3 Å². The molecule has 0 atom stereocenters. The Bertz CT molecular complexity index is 426. The lowest BCUT2D eigenvalue weighted by Gasteiger charge is -2.11. The van der Waals surface area contributed by atoms with E-state index < -0.39 is 28.5 Å². The van der Waals surface area contributed by atoms with Crippen molar-refractivity contribution in [2.45, 2.75) is 6.18 Å². The van der Waals surface area contributed by atoms with Crippen LogP contribution in [0.2, 0.25) is 0 Å². The summed E-state index contributed by atoms with van der Waals surface area (Å²) in [5, 5.41) is -0.489. The number of esters is 1. The molecule has 0 aliphatic carbocycles. The first-order valence-corrected chi connectivity index (χ1v) is 4.43. The quantitative estimate of drug-likeness (QED) is 0.457. The third-order valence-electron chi connectivity index (χ3n) is 1.62. The molecule has 0 fully saturated rings. The molecule has 0 heterocycles. The smallest absolute Gasteiger partial charge is 0.419 e. The average molecular weight is 251 g/mol. The molecule has 2 nitrogen and oxygen atoms in total. The van der Waals surface area contributed by atoms with Gasteiger partial charge in [-0.15, -0.1) is 0 Å².